The molecule has 100 valence electrons. The number of hydrogen-bond acceptors (Lipinski definition) is 2. The number of carbonyl (C=O) groups is 1. The fourth-order valence-corrected chi connectivity index (χ4v) is 2.21. The molecule has 0 aliphatic carbocycles. The molecule has 0 aliphatic rings. The van der Waals surface area contributed by atoms with Gasteiger partial charge in [-0.05, 0) is 22.9 Å². The fraction of sp³-hybridized carbons (Fsp3) is 0.267. The Balaban J connectivity index is 1.93. The van der Waals surface area contributed by atoms with Gasteiger partial charge in [0.2, 0.25) is 5.91 Å². The highest BCUT2D eigenvalue weighted by Gasteiger charge is 2.06. The molecule has 0 bridgehead atoms. The Bertz CT molecular complexity index is 571. The first-order valence-corrected chi connectivity index (χ1v) is 7.24. The minimum Gasteiger partial charge on any atom is -0.492 e. The zero-order valence-corrected chi connectivity index (χ0v) is 12.4. The Morgan fingerprint density at radius 3 is 2.68 bits per heavy atom. The molecule has 2 aromatic carbocycles. The van der Waals surface area contributed by atoms with Gasteiger partial charge in [0.05, 0.1) is 11.9 Å². The Morgan fingerprint density at radius 2 is 1.95 bits per heavy atom. The van der Waals surface area contributed by atoms with Gasteiger partial charge in [-0.1, -0.05) is 46.3 Å². The SMILES string of the molecule is CN(CCOc1ccc2ccccc2c1)C(=O)CBr. The zero-order valence-electron chi connectivity index (χ0n) is 10.8. The Kier molecular flexibility index (Phi) is 4.80. The van der Waals surface area contributed by atoms with E-state index in [0.717, 1.165) is 11.1 Å². The first-order chi connectivity index (χ1) is 9.20. The molecule has 19 heavy (non-hydrogen) atoms. The topological polar surface area (TPSA) is 29.5 Å². The van der Waals surface area contributed by atoms with Crippen molar-refractivity contribution >= 4 is 32.6 Å². The quantitative estimate of drug-likeness (QED) is 0.792. The molecule has 3 nitrogen and oxygen atoms in total. The summed E-state index contributed by atoms with van der Waals surface area (Å²) >= 11 is 3.15. The molecule has 0 aromatic heterocycles. The number of halogens is 1. The number of alkyl halides is 1. The van der Waals surface area contributed by atoms with Gasteiger partial charge in [-0.2, -0.15) is 0 Å². The first-order valence-electron chi connectivity index (χ1n) is 6.12. The molecular weight excluding hydrogens is 306 g/mol. The van der Waals surface area contributed by atoms with Crippen LogP contribution >= 0.6 is 15.9 Å². The van der Waals surface area contributed by atoms with Crippen LogP contribution in [0.4, 0.5) is 0 Å². The van der Waals surface area contributed by atoms with E-state index < -0.39 is 0 Å². The van der Waals surface area contributed by atoms with Crippen molar-refractivity contribution in [3.63, 3.8) is 0 Å². The molecule has 0 saturated carbocycles. The summed E-state index contributed by atoms with van der Waals surface area (Å²) in [7, 11) is 1.77. The lowest BCUT2D eigenvalue weighted by Gasteiger charge is -2.16. The van der Waals surface area contributed by atoms with Crippen LogP contribution in [-0.2, 0) is 4.79 Å². The molecule has 4 heteroatoms. The van der Waals surface area contributed by atoms with Gasteiger partial charge in [0.1, 0.15) is 12.4 Å². The van der Waals surface area contributed by atoms with Crippen LogP contribution < -0.4 is 4.74 Å². The molecule has 0 fully saturated rings. The lowest BCUT2D eigenvalue weighted by molar-refractivity contribution is -0.127. The summed E-state index contributed by atoms with van der Waals surface area (Å²) in [5.41, 5.74) is 0. The average molecular weight is 322 g/mol. The molecule has 0 unspecified atom stereocenters. The molecule has 0 aliphatic heterocycles. The van der Waals surface area contributed by atoms with Crippen LogP contribution in [0.25, 0.3) is 10.8 Å². The van der Waals surface area contributed by atoms with Gasteiger partial charge < -0.3 is 9.64 Å². The number of ether oxygens (including phenoxy) is 1. The monoisotopic (exact) mass is 321 g/mol. The van der Waals surface area contributed by atoms with Crippen LogP contribution in [0.15, 0.2) is 42.5 Å². The summed E-state index contributed by atoms with van der Waals surface area (Å²) in [5, 5.41) is 2.70. The molecule has 1 amide bonds. The van der Waals surface area contributed by atoms with Gasteiger partial charge in [0, 0.05) is 7.05 Å². The maximum absolute atomic E-state index is 11.4. The van der Waals surface area contributed by atoms with Gasteiger partial charge >= 0.3 is 0 Å². The lowest BCUT2D eigenvalue weighted by Crippen LogP contribution is -2.31. The average Bonchev–Trinajstić information content (AvgIpc) is 2.46. The number of benzene rings is 2. The van der Waals surface area contributed by atoms with E-state index in [1.54, 1.807) is 11.9 Å². The Hall–Kier alpha value is -1.55. The second-order valence-electron chi connectivity index (χ2n) is 4.31. The van der Waals surface area contributed by atoms with Crippen molar-refractivity contribution < 1.29 is 9.53 Å². The maximum Gasteiger partial charge on any atom is 0.233 e. The van der Waals surface area contributed by atoms with E-state index in [9.17, 15) is 4.79 Å². The van der Waals surface area contributed by atoms with E-state index in [0.29, 0.717) is 18.5 Å². The summed E-state index contributed by atoms with van der Waals surface area (Å²) in [4.78, 5) is 13.0. The number of carbonyl (C=O) groups excluding carboxylic acids is 1. The third-order valence-corrected chi connectivity index (χ3v) is 3.44. The van der Waals surface area contributed by atoms with E-state index in [2.05, 4.69) is 28.1 Å². The van der Waals surface area contributed by atoms with E-state index in [1.165, 1.54) is 5.39 Å². The number of amides is 1. The molecule has 0 spiro atoms. The minimum absolute atomic E-state index is 0.0575. The number of hydrogen-bond donors (Lipinski definition) is 0. The molecule has 2 aromatic rings. The van der Waals surface area contributed by atoms with Crippen molar-refractivity contribution in [1.82, 2.24) is 4.90 Å². The van der Waals surface area contributed by atoms with Crippen LogP contribution in [0.3, 0.4) is 0 Å². The molecule has 0 N–H and O–H groups in total. The number of nitrogens with zero attached hydrogens (tertiary/aromatic N) is 1. The second-order valence-corrected chi connectivity index (χ2v) is 4.87. The lowest BCUT2D eigenvalue weighted by atomic mass is 10.1. The molecule has 0 radical (unpaired) electrons. The third-order valence-electron chi connectivity index (χ3n) is 2.96. The number of rotatable bonds is 5. The predicted octanol–water partition coefficient (Wildman–Crippen LogP) is 3.07. The van der Waals surface area contributed by atoms with Crippen molar-refractivity contribution in [3.8, 4) is 5.75 Å². The van der Waals surface area contributed by atoms with Crippen molar-refractivity contribution in [2.24, 2.45) is 0 Å². The number of fused-ring (bicyclic) bond motifs is 1. The smallest absolute Gasteiger partial charge is 0.233 e. The molecule has 0 saturated heterocycles. The molecule has 0 atom stereocenters. The fourth-order valence-electron chi connectivity index (χ4n) is 1.78. The molecule has 0 heterocycles. The summed E-state index contributed by atoms with van der Waals surface area (Å²) in [6.45, 7) is 1.07. The van der Waals surface area contributed by atoms with Crippen LogP contribution in [0.5, 0.6) is 5.75 Å². The number of likely N-dealkylation sites (N-methyl/N-ethyl adjacent to an activating group) is 1. The van der Waals surface area contributed by atoms with Gasteiger partial charge in [-0.15, -0.1) is 0 Å². The highest BCUT2D eigenvalue weighted by Crippen LogP contribution is 2.20. The van der Waals surface area contributed by atoms with Crippen LogP contribution in [0.2, 0.25) is 0 Å². The van der Waals surface area contributed by atoms with E-state index in [-0.39, 0.29) is 5.91 Å². The van der Waals surface area contributed by atoms with Crippen molar-refractivity contribution in [1.29, 1.82) is 0 Å². The predicted molar refractivity (Wildman–Crippen MR) is 80.9 cm³/mol. The highest BCUT2D eigenvalue weighted by molar-refractivity contribution is 9.09. The summed E-state index contributed by atoms with van der Waals surface area (Å²) in [6, 6.07) is 14.2. The zero-order chi connectivity index (χ0) is 13.7. The Morgan fingerprint density at radius 1 is 1.21 bits per heavy atom. The summed E-state index contributed by atoms with van der Waals surface area (Å²) in [6.07, 6.45) is 0. The van der Waals surface area contributed by atoms with Gasteiger partial charge in [-0.25, -0.2) is 0 Å². The normalized spacial score (nSPS) is 10.4. The largest absolute Gasteiger partial charge is 0.492 e. The highest BCUT2D eigenvalue weighted by atomic mass is 79.9. The second kappa shape index (κ2) is 6.57. The van der Waals surface area contributed by atoms with E-state index >= 15 is 0 Å². The first kappa shape index (κ1) is 13.9. The maximum atomic E-state index is 11.4. The van der Waals surface area contributed by atoms with Crippen molar-refractivity contribution in [2.75, 3.05) is 25.5 Å². The van der Waals surface area contributed by atoms with Crippen LogP contribution in [-0.4, -0.2) is 36.3 Å². The van der Waals surface area contributed by atoms with E-state index in [1.807, 2.05) is 30.3 Å². The third kappa shape index (κ3) is 3.70. The van der Waals surface area contributed by atoms with Crippen molar-refractivity contribution in [2.45, 2.75) is 0 Å². The van der Waals surface area contributed by atoms with Crippen molar-refractivity contribution in [3.05, 3.63) is 42.5 Å². The molecule has 2 rings (SSSR count). The van der Waals surface area contributed by atoms with E-state index in [4.69, 9.17) is 4.74 Å². The summed E-state index contributed by atoms with van der Waals surface area (Å²) < 4.78 is 5.67. The standard InChI is InChI=1S/C15H16BrNO2/c1-17(15(18)11-16)8-9-19-14-7-6-12-4-2-3-5-13(12)10-14/h2-7,10H,8-9,11H2,1H3. The summed E-state index contributed by atoms with van der Waals surface area (Å²) in [5.74, 6) is 0.889. The molecular formula is C15H16BrNO2. The van der Waals surface area contributed by atoms with Gasteiger partial charge in [-0.3, -0.25) is 4.79 Å². The van der Waals surface area contributed by atoms with Gasteiger partial charge in [0.15, 0.2) is 0 Å². The van der Waals surface area contributed by atoms with Crippen LogP contribution in [0.1, 0.15) is 0 Å². The Labute approximate surface area is 121 Å². The minimum atomic E-state index is 0.0575. The van der Waals surface area contributed by atoms with Crippen LogP contribution in [0, 0.1) is 0 Å². The van der Waals surface area contributed by atoms with Gasteiger partial charge in [0.25, 0.3) is 0 Å².